The fraction of sp³-hybridized carbons (Fsp3) is 0.739. The van der Waals surface area contributed by atoms with Crippen LogP contribution in [0, 0.1) is 5.92 Å². The van der Waals surface area contributed by atoms with Crippen molar-refractivity contribution in [2.75, 3.05) is 13.2 Å². The van der Waals surface area contributed by atoms with Crippen molar-refractivity contribution in [3.05, 3.63) is 25.3 Å². The first-order chi connectivity index (χ1) is 13.0. The predicted molar refractivity (Wildman–Crippen MR) is 114 cm³/mol. The van der Waals surface area contributed by atoms with Gasteiger partial charge in [0.1, 0.15) is 0 Å². The van der Waals surface area contributed by atoms with Crippen molar-refractivity contribution in [1.29, 1.82) is 0 Å². The topological polar surface area (TPSA) is 52.6 Å². The van der Waals surface area contributed by atoms with E-state index in [1.165, 1.54) is 69.9 Å². The van der Waals surface area contributed by atoms with E-state index in [1.54, 1.807) is 0 Å². The molecule has 0 rings (SSSR count). The van der Waals surface area contributed by atoms with Gasteiger partial charge in [-0.3, -0.25) is 0 Å². The Hall–Kier alpha value is -1.58. The molecule has 0 bridgehead atoms. The molecule has 0 atom stereocenters. The average Bonchev–Trinajstić information content (AvgIpc) is 2.65. The van der Waals surface area contributed by atoms with E-state index >= 15 is 0 Å². The fourth-order valence-electron chi connectivity index (χ4n) is 2.28. The number of rotatable bonds is 16. The molecule has 27 heavy (non-hydrogen) atoms. The lowest BCUT2D eigenvalue weighted by molar-refractivity contribution is -0.138. The van der Waals surface area contributed by atoms with Crippen LogP contribution in [0.4, 0.5) is 0 Å². The summed E-state index contributed by atoms with van der Waals surface area (Å²) in [6.07, 6.45) is 16.3. The van der Waals surface area contributed by atoms with Crippen molar-refractivity contribution in [3.8, 4) is 0 Å². The van der Waals surface area contributed by atoms with Crippen LogP contribution in [0.2, 0.25) is 0 Å². The number of esters is 2. The number of unbranched alkanes of at least 4 members (excludes halogenated alkanes) is 9. The second-order valence-electron chi connectivity index (χ2n) is 7.11. The number of carbonyl (C=O) groups excluding carboxylic acids is 2. The second kappa shape index (κ2) is 22.5. The number of hydrogen-bond donors (Lipinski definition) is 0. The van der Waals surface area contributed by atoms with Gasteiger partial charge in [0.25, 0.3) is 0 Å². The smallest absolute Gasteiger partial charge is 0.330 e. The van der Waals surface area contributed by atoms with E-state index in [-0.39, 0.29) is 11.9 Å². The van der Waals surface area contributed by atoms with Crippen LogP contribution in [0.5, 0.6) is 0 Å². The number of hydrogen-bond acceptors (Lipinski definition) is 4. The van der Waals surface area contributed by atoms with Gasteiger partial charge >= 0.3 is 11.9 Å². The Labute approximate surface area is 167 Å². The van der Waals surface area contributed by atoms with Crippen molar-refractivity contribution in [2.24, 2.45) is 5.92 Å². The summed E-state index contributed by atoms with van der Waals surface area (Å²) in [5, 5.41) is 0. The summed E-state index contributed by atoms with van der Waals surface area (Å²) in [6.45, 7) is 14.1. The van der Waals surface area contributed by atoms with Crippen molar-refractivity contribution < 1.29 is 19.1 Å². The van der Waals surface area contributed by atoms with Crippen LogP contribution < -0.4 is 0 Å². The van der Waals surface area contributed by atoms with Crippen molar-refractivity contribution in [2.45, 2.75) is 91.4 Å². The molecule has 4 nitrogen and oxygen atoms in total. The molecule has 158 valence electrons. The first-order valence-corrected chi connectivity index (χ1v) is 10.6. The molecule has 0 aliphatic carbocycles. The van der Waals surface area contributed by atoms with Gasteiger partial charge in [0.05, 0.1) is 13.2 Å². The molecular weight excluding hydrogens is 340 g/mol. The summed E-state index contributed by atoms with van der Waals surface area (Å²) in [5.41, 5.74) is 0. The molecule has 0 saturated carbocycles. The SMILES string of the molecule is C=CC(=O)OCCC(C)C.C=CC(=O)OCCCCCCCCCCCC. The lowest BCUT2D eigenvalue weighted by atomic mass is 10.1. The van der Waals surface area contributed by atoms with Crippen molar-refractivity contribution in [1.82, 2.24) is 0 Å². The highest BCUT2D eigenvalue weighted by Gasteiger charge is 1.97. The van der Waals surface area contributed by atoms with E-state index in [1.807, 2.05) is 0 Å². The maximum absolute atomic E-state index is 10.7. The van der Waals surface area contributed by atoms with Crippen molar-refractivity contribution in [3.63, 3.8) is 0 Å². The molecule has 0 N–H and O–H groups in total. The quantitative estimate of drug-likeness (QED) is 0.176. The third-order valence-electron chi connectivity index (χ3n) is 4.02. The Morgan fingerprint density at radius 1 is 0.741 bits per heavy atom. The van der Waals surface area contributed by atoms with Gasteiger partial charge in [0.2, 0.25) is 0 Å². The van der Waals surface area contributed by atoms with Gasteiger partial charge in [-0.15, -0.1) is 0 Å². The zero-order valence-corrected chi connectivity index (χ0v) is 18.0. The van der Waals surface area contributed by atoms with Gasteiger partial charge in [-0.2, -0.15) is 0 Å². The highest BCUT2D eigenvalue weighted by atomic mass is 16.5. The molecule has 0 saturated heterocycles. The third kappa shape index (κ3) is 26.8. The van der Waals surface area contributed by atoms with E-state index in [2.05, 4.69) is 33.9 Å². The summed E-state index contributed by atoms with van der Waals surface area (Å²) < 4.78 is 9.65. The predicted octanol–water partition coefficient (Wildman–Crippen LogP) is 6.40. The van der Waals surface area contributed by atoms with Crippen LogP contribution in [-0.2, 0) is 19.1 Å². The molecule has 0 heterocycles. The zero-order valence-electron chi connectivity index (χ0n) is 18.0. The lowest BCUT2D eigenvalue weighted by Gasteiger charge is -2.03. The molecule has 0 spiro atoms. The molecular formula is C23H42O4. The standard InChI is InChI=1S/C15H28O2.C8H14O2/c1-3-5-6-7-8-9-10-11-12-13-14-17-15(16)4-2;1-4-8(9)10-6-5-7(2)3/h4H,2-3,5-14H2,1H3;4,7H,1,5-6H2,2-3H3. The summed E-state index contributed by atoms with van der Waals surface area (Å²) >= 11 is 0. The van der Waals surface area contributed by atoms with Gasteiger partial charge in [-0.25, -0.2) is 9.59 Å². The monoisotopic (exact) mass is 382 g/mol. The maximum Gasteiger partial charge on any atom is 0.330 e. The van der Waals surface area contributed by atoms with Gasteiger partial charge in [-0.1, -0.05) is 91.7 Å². The van der Waals surface area contributed by atoms with Crippen LogP contribution in [0.25, 0.3) is 0 Å². The minimum absolute atomic E-state index is 0.305. The average molecular weight is 383 g/mol. The summed E-state index contributed by atoms with van der Waals surface area (Å²) in [4.78, 5) is 21.2. The fourth-order valence-corrected chi connectivity index (χ4v) is 2.28. The maximum atomic E-state index is 10.7. The molecule has 0 fully saturated rings. The van der Waals surface area contributed by atoms with E-state index in [4.69, 9.17) is 9.47 Å². The first kappa shape index (κ1) is 27.6. The number of ether oxygens (including phenoxy) is 2. The number of carbonyl (C=O) groups is 2. The van der Waals surface area contributed by atoms with Gasteiger partial charge < -0.3 is 9.47 Å². The third-order valence-corrected chi connectivity index (χ3v) is 4.02. The molecule has 0 aliphatic heterocycles. The summed E-state index contributed by atoms with van der Waals surface area (Å²) in [6, 6.07) is 0. The molecule has 0 unspecified atom stereocenters. The second-order valence-corrected chi connectivity index (χ2v) is 7.11. The van der Waals surface area contributed by atoms with Crippen LogP contribution >= 0.6 is 0 Å². The Balaban J connectivity index is 0. The zero-order chi connectivity index (χ0) is 20.8. The Bertz CT molecular complexity index is 375. The largest absolute Gasteiger partial charge is 0.463 e. The summed E-state index contributed by atoms with van der Waals surface area (Å²) in [7, 11) is 0. The molecule has 0 aromatic carbocycles. The van der Waals surface area contributed by atoms with E-state index in [0.29, 0.717) is 19.1 Å². The molecule has 0 aromatic rings. The molecule has 0 radical (unpaired) electrons. The van der Waals surface area contributed by atoms with Gasteiger partial charge in [0, 0.05) is 12.2 Å². The highest BCUT2D eigenvalue weighted by molar-refractivity contribution is 5.81. The van der Waals surface area contributed by atoms with Crippen molar-refractivity contribution >= 4 is 11.9 Å². The highest BCUT2D eigenvalue weighted by Crippen LogP contribution is 2.10. The summed E-state index contributed by atoms with van der Waals surface area (Å²) in [5.74, 6) is -0.0563. The molecule has 0 aliphatic rings. The van der Waals surface area contributed by atoms with Crippen LogP contribution in [-0.4, -0.2) is 25.2 Å². The van der Waals surface area contributed by atoms with E-state index in [9.17, 15) is 9.59 Å². The Morgan fingerprint density at radius 2 is 1.15 bits per heavy atom. The Morgan fingerprint density at radius 3 is 1.56 bits per heavy atom. The Kier molecular flexibility index (Phi) is 23.0. The minimum atomic E-state index is -0.333. The molecule has 0 amide bonds. The lowest BCUT2D eigenvalue weighted by Crippen LogP contribution is -2.03. The normalized spacial score (nSPS) is 9.93. The first-order valence-electron chi connectivity index (χ1n) is 10.6. The van der Waals surface area contributed by atoms with Crippen LogP contribution in [0.1, 0.15) is 91.4 Å². The van der Waals surface area contributed by atoms with Crippen LogP contribution in [0.15, 0.2) is 25.3 Å². The van der Waals surface area contributed by atoms with Gasteiger partial charge in [0.15, 0.2) is 0 Å². The minimum Gasteiger partial charge on any atom is -0.463 e. The molecule has 4 heteroatoms. The van der Waals surface area contributed by atoms with Gasteiger partial charge in [-0.05, 0) is 18.8 Å². The van der Waals surface area contributed by atoms with Crippen LogP contribution in [0.3, 0.4) is 0 Å². The molecule has 0 aromatic heterocycles. The van der Waals surface area contributed by atoms with E-state index in [0.717, 1.165) is 12.8 Å². The van der Waals surface area contributed by atoms with E-state index < -0.39 is 0 Å².